The number of hydrogen-bond acceptors (Lipinski definition) is 6. The summed E-state index contributed by atoms with van der Waals surface area (Å²) < 4.78 is 12.6. The second-order valence-corrected chi connectivity index (χ2v) is 5.53. The summed E-state index contributed by atoms with van der Waals surface area (Å²) in [6, 6.07) is 10.1. The normalized spacial score (nSPS) is 10.5. The molecular weight excluding hydrogens is 336 g/mol. The van der Waals surface area contributed by atoms with E-state index in [0.717, 1.165) is 4.57 Å². The number of carbonyl (C=O) groups excluding carboxylic acids is 1. The first-order valence-corrected chi connectivity index (χ1v) is 7.67. The Hall–Kier alpha value is -3.68. The van der Waals surface area contributed by atoms with E-state index in [9.17, 15) is 9.59 Å². The van der Waals surface area contributed by atoms with E-state index in [1.54, 1.807) is 36.4 Å². The summed E-state index contributed by atoms with van der Waals surface area (Å²) in [5.41, 5.74) is 13.8. The van der Waals surface area contributed by atoms with Crippen molar-refractivity contribution in [3.63, 3.8) is 0 Å². The van der Waals surface area contributed by atoms with Crippen LogP contribution in [0.3, 0.4) is 0 Å². The SMILES string of the molecule is COc1ccc(-c2cn(C=O)c(=O)n2-c2ccc(OC)c(N)c2)cc1N. The van der Waals surface area contributed by atoms with Gasteiger partial charge < -0.3 is 20.9 Å². The highest BCUT2D eigenvalue weighted by atomic mass is 16.5. The van der Waals surface area contributed by atoms with Gasteiger partial charge in [-0.25, -0.2) is 9.36 Å². The van der Waals surface area contributed by atoms with Gasteiger partial charge in [0.15, 0.2) is 0 Å². The lowest BCUT2D eigenvalue weighted by molar-refractivity contribution is 0.417. The van der Waals surface area contributed by atoms with Crippen LogP contribution >= 0.6 is 0 Å². The van der Waals surface area contributed by atoms with Crippen molar-refractivity contribution in [1.82, 2.24) is 9.13 Å². The van der Waals surface area contributed by atoms with Gasteiger partial charge in [-0.2, -0.15) is 0 Å². The van der Waals surface area contributed by atoms with Gasteiger partial charge in [-0.3, -0.25) is 9.36 Å². The molecule has 0 fully saturated rings. The Morgan fingerprint density at radius 1 is 0.962 bits per heavy atom. The van der Waals surface area contributed by atoms with Crippen molar-refractivity contribution in [2.75, 3.05) is 25.7 Å². The summed E-state index contributed by atoms with van der Waals surface area (Å²) in [4.78, 5) is 23.9. The van der Waals surface area contributed by atoms with Crippen molar-refractivity contribution in [1.29, 1.82) is 0 Å². The molecule has 1 aromatic heterocycles. The maximum Gasteiger partial charge on any atom is 0.339 e. The molecule has 0 bridgehead atoms. The molecule has 3 rings (SSSR count). The van der Waals surface area contributed by atoms with Gasteiger partial charge in [0.2, 0.25) is 6.41 Å². The van der Waals surface area contributed by atoms with Crippen molar-refractivity contribution in [3.8, 4) is 28.4 Å². The van der Waals surface area contributed by atoms with Gasteiger partial charge in [-0.05, 0) is 36.4 Å². The van der Waals surface area contributed by atoms with E-state index >= 15 is 0 Å². The predicted molar refractivity (Wildman–Crippen MR) is 99.5 cm³/mol. The minimum atomic E-state index is -0.519. The molecule has 0 aliphatic heterocycles. The number of benzene rings is 2. The highest BCUT2D eigenvalue weighted by molar-refractivity contribution is 5.72. The van der Waals surface area contributed by atoms with Crippen molar-refractivity contribution in [2.24, 2.45) is 0 Å². The van der Waals surface area contributed by atoms with Crippen LogP contribution in [-0.2, 0) is 4.79 Å². The molecule has 4 N–H and O–H groups in total. The van der Waals surface area contributed by atoms with Crippen LogP contribution in [0.2, 0.25) is 0 Å². The van der Waals surface area contributed by atoms with Gasteiger partial charge in [0.05, 0.1) is 37.0 Å². The average molecular weight is 354 g/mol. The number of nitrogens with zero attached hydrogens (tertiary/aromatic N) is 2. The molecule has 3 aromatic rings. The molecule has 26 heavy (non-hydrogen) atoms. The van der Waals surface area contributed by atoms with Crippen LogP contribution in [0.5, 0.6) is 11.5 Å². The first-order chi connectivity index (χ1) is 12.5. The molecule has 0 unspecified atom stereocenters. The van der Waals surface area contributed by atoms with Gasteiger partial charge in [0.1, 0.15) is 11.5 Å². The molecule has 2 aromatic carbocycles. The van der Waals surface area contributed by atoms with Gasteiger partial charge in [-0.15, -0.1) is 0 Å². The van der Waals surface area contributed by atoms with Crippen LogP contribution < -0.4 is 26.6 Å². The summed E-state index contributed by atoms with van der Waals surface area (Å²) in [7, 11) is 3.02. The van der Waals surface area contributed by atoms with Gasteiger partial charge in [0.25, 0.3) is 0 Å². The molecule has 0 spiro atoms. The number of carbonyl (C=O) groups is 1. The number of methoxy groups -OCH3 is 2. The topological polar surface area (TPSA) is 114 Å². The Kier molecular flexibility index (Phi) is 4.40. The molecule has 0 saturated carbocycles. The summed E-state index contributed by atoms with van der Waals surface area (Å²) in [5, 5.41) is 0. The number of rotatable bonds is 5. The monoisotopic (exact) mass is 354 g/mol. The smallest absolute Gasteiger partial charge is 0.339 e. The van der Waals surface area contributed by atoms with E-state index in [1.165, 1.54) is 25.0 Å². The molecule has 134 valence electrons. The zero-order valence-electron chi connectivity index (χ0n) is 14.3. The van der Waals surface area contributed by atoms with Crippen molar-refractivity contribution >= 4 is 17.8 Å². The number of nitrogens with two attached hydrogens (primary N) is 2. The Labute approximate surface area is 149 Å². The fourth-order valence-corrected chi connectivity index (χ4v) is 2.75. The number of aromatic nitrogens is 2. The molecule has 0 atom stereocenters. The van der Waals surface area contributed by atoms with E-state index < -0.39 is 5.69 Å². The molecular formula is C18H18N4O4. The molecule has 0 amide bonds. The van der Waals surface area contributed by atoms with E-state index in [1.807, 2.05) is 0 Å². The lowest BCUT2D eigenvalue weighted by Crippen LogP contribution is -2.23. The Bertz CT molecular complexity index is 1040. The second-order valence-electron chi connectivity index (χ2n) is 5.53. The standard InChI is InChI=1S/C18H18N4O4/c1-25-16-5-3-11(7-13(16)19)15-9-21(10-23)18(24)22(15)12-4-6-17(26-2)14(20)8-12/h3-10H,19-20H2,1-2H3. The summed E-state index contributed by atoms with van der Waals surface area (Å²) in [6.07, 6.45) is 1.89. The summed E-state index contributed by atoms with van der Waals surface area (Å²) >= 11 is 0. The third-order valence-corrected chi connectivity index (χ3v) is 4.02. The fraction of sp³-hybridized carbons (Fsp3) is 0.111. The molecule has 0 saturated heterocycles. The Morgan fingerprint density at radius 3 is 2.12 bits per heavy atom. The van der Waals surface area contributed by atoms with Crippen molar-refractivity contribution < 1.29 is 14.3 Å². The minimum Gasteiger partial charge on any atom is -0.495 e. The van der Waals surface area contributed by atoms with Crippen LogP contribution in [0.1, 0.15) is 0 Å². The van der Waals surface area contributed by atoms with Gasteiger partial charge >= 0.3 is 5.69 Å². The van der Waals surface area contributed by atoms with E-state index in [-0.39, 0.29) is 0 Å². The fourth-order valence-electron chi connectivity index (χ4n) is 2.75. The third-order valence-electron chi connectivity index (χ3n) is 4.02. The maximum absolute atomic E-state index is 12.6. The zero-order chi connectivity index (χ0) is 18.8. The number of nitrogen functional groups attached to an aromatic ring is 2. The van der Waals surface area contributed by atoms with Crippen LogP contribution in [0.25, 0.3) is 16.9 Å². The van der Waals surface area contributed by atoms with Crippen LogP contribution in [0.4, 0.5) is 11.4 Å². The first-order valence-electron chi connectivity index (χ1n) is 7.67. The van der Waals surface area contributed by atoms with E-state index in [4.69, 9.17) is 20.9 Å². The lowest BCUT2D eigenvalue weighted by Gasteiger charge is -2.11. The average Bonchev–Trinajstić information content (AvgIpc) is 2.98. The van der Waals surface area contributed by atoms with Gasteiger partial charge in [-0.1, -0.05) is 0 Å². The van der Waals surface area contributed by atoms with E-state index in [2.05, 4.69) is 0 Å². The first kappa shape index (κ1) is 17.2. The minimum absolute atomic E-state index is 0.371. The molecule has 1 heterocycles. The maximum atomic E-state index is 12.6. The van der Waals surface area contributed by atoms with Crippen LogP contribution in [0.15, 0.2) is 47.4 Å². The van der Waals surface area contributed by atoms with Crippen molar-refractivity contribution in [3.05, 3.63) is 53.1 Å². The van der Waals surface area contributed by atoms with Crippen LogP contribution in [-0.4, -0.2) is 29.8 Å². The quantitative estimate of drug-likeness (QED) is 0.530. The molecule has 0 aliphatic rings. The lowest BCUT2D eigenvalue weighted by atomic mass is 10.1. The summed E-state index contributed by atoms with van der Waals surface area (Å²) in [6.45, 7) is 0. The van der Waals surface area contributed by atoms with Crippen molar-refractivity contribution in [2.45, 2.75) is 0 Å². The Morgan fingerprint density at radius 2 is 1.58 bits per heavy atom. The highest BCUT2D eigenvalue weighted by Gasteiger charge is 2.16. The second kappa shape index (κ2) is 6.67. The largest absolute Gasteiger partial charge is 0.495 e. The Balaban J connectivity index is 2.24. The highest BCUT2D eigenvalue weighted by Crippen LogP contribution is 2.30. The number of anilines is 2. The number of hydrogen-bond donors (Lipinski definition) is 2. The van der Waals surface area contributed by atoms with Crippen LogP contribution in [0, 0.1) is 0 Å². The molecule has 8 heteroatoms. The van der Waals surface area contributed by atoms with Gasteiger partial charge in [0, 0.05) is 11.8 Å². The number of imidazole rings is 1. The predicted octanol–water partition coefficient (Wildman–Crippen LogP) is 1.53. The molecule has 0 aliphatic carbocycles. The molecule has 0 radical (unpaired) electrons. The molecule has 8 nitrogen and oxygen atoms in total. The zero-order valence-corrected chi connectivity index (χ0v) is 14.3. The third kappa shape index (κ3) is 2.77. The number of ether oxygens (including phenoxy) is 2. The van der Waals surface area contributed by atoms with E-state index in [0.29, 0.717) is 46.2 Å². The summed E-state index contributed by atoms with van der Waals surface area (Å²) in [5.74, 6) is 1.01.